The SMILES string of the molecule is CC(OCc1ccccc1)C(NC(=O)OC(C)(C)C)c1nc2ccc(F)cc2n1-c1ccccc1. The molecule has 0 bridgehead atoms. The molecule has 1 N–H and O–H groups in total. The highest BCUT2D eigenvalue weighted by Crippen LogP contribution is 2.29. The van der Waals surface area contributed by atoms with Crippen molar-refractivity contribution in [3.8, 4) is 5.69 Å². The van der Waals surface area contributed by atoms with Crippen molar-refractivity contribution in [3.63, 3.8) is 0 Å². The summed E-state index contributed by atoms with van der Waals surface area (Å²) in [6.45, 7) is 7.64. The van der Waals surface area contributed by atoms with Gasteiger partial charge in [-0.15, -0.1) is 0 Å². The van der Waals surface area contributed by atoms with Gasteiger partial charge in [-0.1, -0.05) is 48.5 Å². The van der Waals surface area contributed by atoms with E-state index in [9.17, 15) is 9.18 Å². The molecule has 3 aromatic carbocycles. The lowest BCUT2D eigenvalue weighted by atomic mass is 10.1. The van der Waals surface area contributed by atoms with E-state index in [0.717, 1.165) is 11.3 Å². The van der Waals surface area contributed by atoms with Gasteiger partial charge in [-0.2, -0.15) is 0 Å². The Kier molecular flexibility index (Phi) is 7.17. The average molecular weight is 476 g/mol. The van der Waals surface area contributed by atoms with Gasteiger partial charge in [0.15, 0.2) is 0 Å². The number of para-hydroxylation sites is 1. The van der Waals surface area contributed by atoms with Crippen molar-refractivity contribution >= 4 is 17.1 Å². The van der Waals surface area contributed by atoms with Gasteiger partial charge in [-0.3, -0.25) is 4.57 Å². The predicted octanol–water partition coefficient (Wildman–Crippen LogP) is 6.34. The molecule has 1 amide bonds. The largest absolute Gasteiger partial charge is 0.444 e. The second kappa shape index (κ2) is 10.3. The standard InChI is InChI=1S/C28H30FN3O3/c1-19(34-18-20-11-7-5-8-12-20)25(31-27(33)35-28(2,3)4)26-30-23-16-15-21(29)17-24(23)32(26)22-13-9-6-10-14-22/h5-17,19,25H,18H2,1-4H3,(H,31,33). The van der Waals surface area contributed by atoms with Crippen LogP contribution in [0.5, 0.6) is 0 Å². The highest BCUT2D eigenvalue weighted by molar-refractivity contribution is 5.79. The quantitative estimate of drug-likeness (QED) is 0.339. The number of hydrogen-bond donors (Lipinski definition) is 1. The minimum Gasteiger partial charge on any atom is -0.444 e. The van der Waals surface area contributed by atoms with E-state index >= 15 is 0 Å². The summed E-state index contributed by atoms with van der Waals surface area (Å²) in [7, 11) is 0. The van der Waals surface area contributed by atoms with Crippen molar-refractivity contribution in [2.45, 2.75) is 52.0 Å². The van der Waals surface area contributed by atoms with E-state index in [1.54, 1.807) is 26.8 Å². The van der Waals surface area contributed by atoms with Crippen LogP contribution in [-0.2, 0) is 16.1 Å². The number of aromatic nitrogens is 2. The normalized spacial score (nSPS) is 13.4. The number of hydrogen-bond acceptors (Lipinski definition) is 4. The summed E-state index contributed by atoms with van der Waals surface area (Å²) >= 11 is 0. The first-order valence-electron chi connectivity index (χ1n) is 11.6. The van der Waals surface area contributed by atoms with Gasteiger partial charge in [0, 0.05) is 11.8 Å². The fraction of sp³-hybridized carbons (Fsp3) is 0.286. The molecule has 182 valence electrons. The Morgan fingerprint density at radius 3 is 2.34 bits per heavy atom. The topological polar surface area (TPSA) is 65.4 Å². The van der Waals surface area contributed by atoms with Crippen LogP contribution in [0.25, 0.3) is 16.7 Å². The van der Waals surface area contributed by atoms with Crippen molar-refractivity contribution in [2.24, 2.45) is 0 Å². The lowest BCUT2D eigenvalue weighted by Gasteiger charge is -2.28. The molecule has 35 heavy (non-hydrogen) atoms. The molecule has 0 fully saturated rings. The first-order valence-corrected chi connectivity index (χ1v) is 11.6. The highest BCUT2D eigenvalue weighted by Gasteiger charge is 2.30. The minimum absolute atomic E-state index is 0.356. The molecular weight excluding hydrogens is 445 g/mol. The number of imidazole rings is 1. The van der Waals surface area contributed by atoms with Crippen molar-refractivity contribution in [1.29, 1.82) is 0 Å². The molecule has 0 aliphatic rings. The summed E-state index contributed by atoms with van der Waals surface area (Å²) in [6, 6.07) is 23.1. The van der Waals surface area contributed by atoms with E-state index in [0.29, 0.717) is 23.5 Å². The zero-order valence-corrected chi connectivity index (χ0v) is 20.4. The van der Waals surface area contributed by atoms with Crippen molar-refractivity contribution in [3.05, 3.63) is 96.1 Å². The number of halogens is 1. The fourth-order valence-electron chi connectivity index (χ4n) is 3.85. The summed E-state index contributed by atoms with van der Waals surface area (Å²) in [5.41, 5.74) is 2.33. The lowest BCUT2D eigenvalue weighted by Crippen LogP contribution is -2.40. The molecule has 1 heterocycles. The molecule has 4 rings (SSSR count). The molecule has 0 saturated carbocycles. The molecule has 0 spiro atoms. The Balaban J connectivity index is 1.77. The minimum atomic E-state index is -0.677. The molecule has 2 atom stereocenters. The van der Waals surface area contributed by atoms with E-state index in [1.807, 2.05) is 72.2 Å². The number of nitrogens with zero attached hydrogens (tertiary/aromatic N) is 2. The first kappa shape index (κ1) is 24.4. The summed E-state index contributed by atoms with van der Waals surface area (Å²) < 4.78 is 27.8. The molecule has 2 unspecified atom stereocenters. The van der Waals surface area contributed by atoms with E-state index in [1.165, 1.54) is 12.1 Å². The van der Waals surface area contributed by atoms with Gasteiger partial charge in [0.05, 0.1) is 23.7 Å². The van der Waals surface area contributed by atoms with Gasteiger partial charge in [-0.25, -0.2) is 14.2 Å². The van der Waals surface area contributed by atoms with E-state index in [2.05, 4.69) is 5.32 Å². The maximum atomic E-state index is 14.3. The van der Waals surface area contributed by atoms with Gasteiger partial charge in [-0.05, 0) is 57.5 Å². The Labute approximate surface area is 204 Å². The molecule has 0 aliphatic heterocycles. The van der Waals surface area contributed by atoms with Crippen molar-refractivity contribution in [2.75, 3.05) is 0 Å². The van der Waals surface area contributed by atoms with Gasteiger partial charge in [0.25, 0.3) is 0 Å². The maximum absolute atomic E-state index is 14.3. The van der Waals surface area contributed by atoms with Crippen LogP contribution in [0.15, 0.2) is 78.9 Å². The van der Waals surface area contributed by atoms with Crippen LogP contribution >= 0.6 is 0 Å². The van der Waals surface area contributed by atoms with Crippen LogP contribution in [0.4, 0.5) is 9.18 Å². The number of alkyl carbamates (subject to hydrolysis) is 1. The third-order valence-corrected chi connectivity index (χ3v) is 5.43. The van der Waals surface area contributed by atoms with Crippen LogP contribution in [0.1, 0.15) is 45.1 Å². The van der Waals surface area contributed by atoms with E-state index in [4.69, 9.17) is 14.5 Å². The van der Waals surface area contributed by atoms with E-state index < -0.39 is 23.8 Å². The molecule has 6 nitrogen and oxygen atoms in total. The number of nitrogens with one attached hydrogen (secondary N) is 1. The monoisotopic (exact) mass is 475 g/mol. The van der Waals surface area contributed by atoms with Crippen LogP contribution in [0.3, 0.4) is 0 Å². The van der Waals surface area contributed by atoms with Crippen LogP contribution in [0, 0.1) is 5.82 Å². The Morgan fingerprint density at radius 1 is 1.03 bits per heavy atom. The third kappa shape index (κ3) is 6.05. The second-order valence-corrected chi connectivity index (χ2v) is 9.40. The van der Waals surface area contributed by atoms with Crippen molar-refractivity contribution in [1.82, 2.24) is 14.9 Å². The van der Waals surface area contributed by atoms with Crippen LogP contribution < -0.4 is 5.32 Å². The number of carbonyl (C=O) groups excluding carboxylic acids is 1. The molecule has 7 heteroatoms. The number of rotatable bonds is 7. The average Bonchev–Trinajstić information content (AvgIpc) is 3.19. The van der Waals surface area contributed by atoms with Gasteiger partial charge in [0.1, 0.15) is 23.3 Å². The smallest absolute Gasteiger partial charge is 0.408 e. The summed E-state index contributed by atoms with van der Waals surface area (Å²) in [5.74, 6) is 0.148. The summed E-state index contributed by atoms with van der Waals surface area (Å²) in [5, 5.41) is 2.95. The van der Waals surface area contributed by atoms with Gasteiger partial charge in [0.2, 0.25) is 0 Å². The molecule has 0 saturated heterocycles. The zero-order valence-electron chi connectivity index (χ0n) is 20.4. The third-order valence-electron chi connectivity index (χ3n) is 5.43. The first-order chi connectivity index (χ1) is 16.7. The predicted molar refractivity (Wildman–Crippen MR) is 134 cm³/mol. The summed E-state index contributed by atoms with van der Waals surface area (Å²) in [6.07, 6.45) is -1.07. The fourth-order valence-corrected chi connectivity index (χ4v) is 3.85. The van der Waals surface area contributed by atoms with E-state index in [-0.39, 0.29) is 5.82 Å². The lowest BCUT2D eigenvalue weighted by molar-refractivity contribution is 0.0122. The maximum Gasteiger partial charge on any atom is 0.408 e. The second-order valence-electron chi connectivity index (χ2n) is 9.40. The number of benzene rings is 3. The number of carbonyl (C=O) groups is 1. The Hall–Kier alpha value is -3.71. The van der Waals surface area contributed by atoms with Crippen molar-refractivity contribution < 1.29 is 18.7 Å². The van der Waals surface area contributed by atoms with Crippen LogP contribution in [-0.4, -0.2) is 27.3 Å². The number of amides is 1. The van der Waals surface area contributed by atoms with Crippen LogP contribution in [0.2, 0.25) is 0 Å². The highest BCUT2D eigenvalue weighted by atomic mass is 19.1. The van der Waals surface area contributed by atoms with Gasteiger partial charge >= 0.3 is 6.09 Å². The molecular formula is C28H30FN3O3. The molecule has 1 aromatic heterocycles. The molecule has 0 aliphatic carbocycles. The molecule has 4 aromatic rings. The number of ether oxygens (including phenoxy) is 2. The number of fused-ring (bicyclic) bond motifs is 1. The molecule has 0 radical (unpaired) electrons. The zero-order chi connectivity index (χ0) is 25.0. The summed E-state index contributed by atoms with van der Waals surface area (Å²) in [4.78, 5) is 17.7. The Bertz CT molecular complexity index is 1280. The van der Waals surface area contributed by atoms with Gasteiger partial charge < -0.3 is 14.8 Å². The Morgan fingerprint density at radius 2 is 1.69 bits per heavy atom.